The molecule has 0 fully saturated rings. The van der Waals surface area contributed by atoms with Crippen LogP contribution in [0.15, 0.2) is 13.2 Å². The SMILES string of the molecule is C=C.COP(=O)(OC)OC. The Hall–Kier alpha value is -0.150. The molecule has 0 spiro atoms. The van der Waals surface area contributed by atoms with Crippen molar-refractivity contribution < 1.29 is 18.1 Å². The fraction of sp³-hybridized carbons (Fsp3) is 0.600. The van der Waals surface area contributed by atoms with Crippen LogP contribution in [0.5, 0.6) is 0 Å². The van der Waals surface area contributed by atoms with E-state index in [1.165, 1.54) is 21.3 Å². The molecule has 0 heterocycles. The molecule has 0 atom stereocenters. The highest BCUT2D eigenvalue weighted by Crippen LogP contribution is 2.46. The second kappa shape index (κ2) is 6.96. The van der Waals surface area contributed by atoms with Gasteiger partial charge >= 0.3 is 7.82 Å². The van der Waals surface area contributed by atoms with E-state index in [1.807, 2.05) is 0 Å². The molecular formula is C5H13O4P. The average Bonchev–Trinajstić information content (AvgIpc) is 2.07. The molecule has 0 amide bonds. The molecule has 0 aliphatic carbocycles. The van der Waals surface area contributed by atoms with Crippen LogP contribution >= 0.6 is 7.82 Å². The highest BCUT2D eigenvalue weighted by Gasteiger charge is 2.18. The third-order valence-corrected chi connectivity index (χ3v) is 2.01. The normalized spacial score (nSPS) is 9.90. The molecule has 4 nitrogen and oxygen atoms in total. The van der Waals surface area contributed by atoms with Crippen molar-refractivity contribution in [2.24, 2.45) is 0 Å². The van der Waals surface area contributed by atoms with E-state index in [-0.39, 0.29) is 0 Å². The van der Waals surface area contributed by atoms with Gasteiger partial charge in [0.2, 0.25) is 0 Å². The van der Waals surface area contributed by atoms with Gasteiger partial charge in [0.25, 0.3) is 0 Å². The smallest absolute Gasteiger partial charge is 0.290 e. The van der Waals surface area contributed by atoms with Crippen LogP contribution in [0.4, 0.5) is 0 Å². The first kappa shape index (κ1) is 12.5. The van der Waals surface area contributed by atoms with Gasteiger partial charge in [-0.05, 0) is 0 Å². The topological polar surface area (TPSA) is 44.8 Å². The van der Waals surface area contributed by atoms with Gasteiger partial charge in [0.05, 0.1) is 0 Å². The molecule has 0 unspecified atom stereocenters. The summed E-state index contributed by atoms with van der Waals surface area (Å²) in [6.07, 6.45) is 0. The molecule has 0 aromatic heterocycles. The summed E-state index contributed by atoms with van der Waals surface area (Å²) in [5.74, 6) is 0. The first-order valence-electron chi connectivity index (χ1n) is 2.46. The standard InChI is InChI=1S/C3H9O4P.C2H4/c1-5-8(4,6-2)7-3;1-2/h1-3H3;1-2H2. The highest BCUT2D eigenvalue weighted by atomic mass is 31.2. The zero-order valence-electron chi connectivity index (χ0n) is 6.49. The Balaban J connectivity index is 0. The van der Waals surface area contributed by atoms with Crippen molar-refractivity contribution in [1.29, 1.82) is 0 Å². The van der Waals surface area contributed by atoms with Crippen molar-refractivity contribution in [2.45, 2.75) is 0 Å². The molecule has 0 aromatic carbocycles. The van der Waals surface area contributed by atoms with Crippen molar-refractivity contribution in [1.82, 2.24) is 0 Å². The molecular weight excluding hydrogens is 155 g/mol. The Bertz CT molecular complexity index is 95.2. The maximum atomic E-state index is 10.7. The van der Waals surface area contributed by atoms with Gasteiger partial charge in [0.1, 0.15) is 0 Å². The second-order valence-electron chi connectivity index (χ2n) is 0.995. The minimum atomic E-state index is -3.16. The maximum absolute atomic E-state index is 10.7. The summed E-state index contributed by atoms with van der Waals surface area (Å²) >= 11 is 0. The van der Waals surface area contributed by atoms with Crippen LogP contribution in [-0.4, -0.2) is 21.3 Å². The third kappa shape index (κ3) is 4.70. The molecule has 0 saturated carbocycles. The summed E-state index contributed by atoms with van der Waals surface area (Å²) in [6.45, 7) is 6.00. The lowest BCUT2D eigenvalue weighted by molar-refractivity contribution is 0.178. The van der Waals surface area contributed by atoms with Gasteiger partial charge in [-0.3, -0.25) is 13.6 Å². The van der Waals surface area contributed by atoms with Crippen LogP contribution < -0.4 is 0 Å². The van der Waals surface area contributed by atoms with Gasteiger partial charge in [-0.1, -0.05) is 0 Å². The Morgan fingerprint density at radius 1 is 1.00 bits per heavy atom. The predicted octanol–water partition coefficient (Wildman–Crippen LogP) is 1.84. The summed E-state index contributed by atoms with van der Waals surface area (Å²) in [4.78, 5) is 0. The van der Waals surface area contributed by atoms with Crippen LogP contribution in [0.25, 0.3) is 0 Å². The molecule has 0 rings (SSSR count). The highest BCUT2D eigenvalue weighted by molar-refractivity contribution is 7.48. The Morgan fingerprint density at radius 3 is 1.20 bits per heavy atom. The van der Waals surface area contributed by atoms with E-state index >= 15 is 0 Å². The summed E-state index contributed by atoms with van der Waals surface area (Å²) in [6, 6.07) is 0. The molecule has 0 aliphatic rings. The lowest BCUT2D eigenvalue weighted by atomic mass is 11.3. The van der Waals surface area contributed by atoms with Crippen LogP contribution in [0.3, 0.4) is 0 Å². The van der Waals surface area contributed by atoms with Gasteiger partial charge in [-0.15, -0.1) is 13.2 Å². The predicted molar refractivity (Wildman–Crippen MR) is 39.9 cm³/mol. The molecule has 0 aliphatic heterocycles. The molecule has 62 valence electrons. The molecule has 0 bridgehead atoms. The number of phosphoric ester groups is 1. The van der Waals surface area contributed by atoms with E-state index < -0.39 is 7.82 Å². The van der Waals surface area contributed by atoms with Crippen LogP contribution in [0, 0.1) is 0 Å². The summed E-state index contributed by atoms with van der Waals surface area (Å²) in [7, 11) is 0.611. The maximum Gasteiger partial charge on any atom is 0.473 e. The van der Waals surface area contributed by atoms with Gasteiger partial charge in [-0.25, -0.2) is 4.57 Å². The van der Waals surface area contributed by atoms with Crippen LogP contribution in [0.1, 0.15) is 0 Å². The molecule has 5 heteroatoms. The van der Waals surface area contributed by atoms with E-state index in [9.17, 15) is 4.57 Å². The molecule has 0 radical (unpaired) electrons. The molecule has 0 N–H and O–H groups in total. The zero-order chi connectivity index (χ0) is 8.62. The minimum Gasteiger partial charge on any atom is -0.290 e. The fourth-order valence-electron chi connectivity index (χ4n) is 0.224. The third-order valence-electron chi connectivity index (χ3n) is 0.671. The van der Waals surface area contributed by atoms with Crippen molar-refractivity contribution >= 4 is 7.82 Å². The first-order chi connectivity index (χ1) is 4.68. The summed E-state index contributed by atoms with van der Waals surface area (Å²) in [5, 5.41) is 0. The largest absolute Gasteiger partial charge is 0.473 e. The summed E-state index contributed by atoms with van der Waals surface area (Å²) in [5.41, 5.74) is 0. The van der Waals surface area contributed by atoms with E-state index in [1.54, 1.807) is 0 Å². The van der Waals surface area contributed by atoms with Gasteiger partial charge in [-0.2, -0.15) is 0 Å². The minimum absolute atomic E-state index is 1.26. The van der Waals surface area contributed by atoms with Crippen molar-refractivity contribution in [3.8, 4) is 0 Å². The Kier molecular flexibility index (Phi) is 8.72. The number of rotatable bonds is 3. The fourth-order valence-corrected chi connectivity index (χ4v) is 0.671. The van der Waals surface area contributed by atoms with Crippen molar-refractivity contribution in [3.63, 3.8) is 0 Å². The van der Waals surface area contributed by atoms with Crippen molar-refractivity contribution in [3.05, 3.63) is 13.2 Å². The van der Waals surface area contributed by atoms with Crippen LogP contribution in [0.2, 0.25) is 0 Å². The van der Waals surface area contributed by atoms with E-state index in [2.05, 4.69) is 26.7 Å². The second-order valence-corrected chi connectivity index (χ2v) is 2.98. The van der Waals surface area contributed by atoms with E-state index in [0.29, 0.717) is 0 Å². The monoisotopic (exact) mass is 168 g/mol. The van der Waals surface area contributed by atoms with Gasteiger partial charge in [0.15, 0.2) is 0 Å². The van der Waals surface area contributed by atoms with E-state index in [4.69, 9.17) is 0 Å². The zero-order valence-corrected chi connectivity index (χ0v) is 7.39. The number of hydrogen-bond acceptors (Lipinski definition) is 4. The average molecular weight is 168 g/mol. The Morgan fingerprint density at radius 2 is 1.20 bits per heavy atom. The molecule has 0 saturated heterocycles. The first-order valence-corrected chi connectivity index (χ1v) is 3.92. The van der Waals surface area contributed by atoms with E-state index in [0.717, 1.165) is 0 Å². The molecule has 0 aromatic rings. The van der Waals surface area contributed by atoms with Gasteiger partial charge < -0.3 is 0 Å². The lowest BCUT2D eigenvalue weighted by Crippen LogP contribution is -1.88. The number of hydrogen-bond donors (Lipinski definition) is 0. The summed E-state index contributed by atoms with van der Waals surface area (Å²) < 4.78 is 23.7. The van der Waals surface area contributed by atoms with Crippen molar-refractivity contribution in [2.75, 3.05) is 21.3 Å². The molecule has 10 heavy (non-hydrogen) atoms. The van der Waals surface area contributed by atoms with Crippen LogP contribution in [-0.2, 0) is 18.1 Å². The number of phosphoric acid groups is 1. The quantitative estimate of drug-likeness (QED) is 0.476. The lowest BCUT2D eigenvalue weighted by Gasteiger charge is -2.08. The van der Waals surface area contributed by atoms with Gasteiger partial charge in [0, 0.05) is 21.3 Å². The Labute approximate surface area is 61.4 Å².